The Morgan fingerprint density at radius 2 is 1.84 bits per heavy atom. The second-order valence-corrected chi connectivity index (χ2v) is 5.83. The van der Waals surface area contributed by atoms with Crippen LogP contribution in [-0.2, 0) is 6.54 Å². The molecule has 0 radical (unpaired) electrons. The van der Waals surface area contributed by atoms with E-state index in [-0.39, 0.29) is 11.6 Å². The van der Waals surface area contributed by atoms with Crippen LogP contribution < -0.4 is 9.88 Å². The summed E-state index contributed by atoms with van der Waals surface area (Å²) >= 11 is 5.46. The Morgan fingerprint density at radius 1 is 1.12 bits per heavy atom. The summed E-state index contributed by atoms with van der Waals surface area (Å²) in [4.78, 5) is 13.3. The van der Waals surface area contributed by atoms with Gasteiger partial charge >= 0.3 is 0 Å². The summed E-state index contributed by atoms with van der Waals surface area (Å²) in [5.41, 5.74) is 0.393. The minimum Gasteiger partial charge on any atom is -0.467 e. The Bertz CT molecular complexity index is 849. The van der Waals surface area contributed by atoms with Gasteiger partial charge in [0, 0.05) is 17.7 Å². The van der Waals surface area contributed by atoms with Gasteiger partial charge in [-0.2, -0.15) is 4.57 Å². The number of ketones is 1. The van der Waals surface area contributed by atoms with Gasteiger partial charge in [-0.1, -0.05) is 18.3 Å². The van der Waals surface area contributed by atoms with Crippen molar-refractivity contribution in [2.75, 3.05) is 0 Å². The van der Waals surface area contributed by atoms with E-state index >= 15 is 0 Å². The number of benzene rings is 1. The number of nitrogens with zero attached hydrogens (tertiary/aromatic N) is 1. The molecule has 0 unspecified atom stereocenters. The quantitative estimate of drug-likeness (QED) is 0.419. The van der Waals surface area contributed by atoms with E-state index in [1.54, 1.807) is 29.3 Å². The van der Waals surface area contributed by atoms with Crippen molar-refractivity contribution in [1.29, 1.82) is 0 Å². The van der Waals surface area contributed by atoms with Gasteiger partial charge < -0.3 is 9.73 Å². The molecule has 1 N–H and O–H groups in total. The van der Waals surface area contributed by atoms with Crippen molar-refractivity contribution in [1.82, 2.24) is 5.32 Å². The predicted molar refractivity (Wildman–Crippen MR) is 94.6 cm³/mol. The van der Waals surface area contributed by atoms with Crippen molar-refractivity contribution < 1.29 is 18.2 Å². The topological polar surface area (TPSA) is 46.1 Å². The van der Waals surface area contributed by atoms with E-state index in [4.69, 9.17) is 16.6 Å². The van der Waals surface area contributed by atoms with E-state index in [2.05, 4.69) is 5.32 Å². The Kier molecular flexibility index (Phi) is 5.30. The molecule has 2 heterocycles. The van der Waals surface area contributed by atoms with Gasteiger partial charge in [0.25, 0.3) is 6.04 Å². The lowest BCUT2D eigenvalue weighted by molar-refractivity contribution is -0.692. The third-order valence-corrected chi connectivity index (χ3v) is 4.05. The van der Waals surface area contributed by atoms with Crippen molar-refractivity contribution in [2.24, 2.45) is 0 Å². The molecule has 0 aliphatic rings. The van der Waals surface area contributed by atoms with Crippen LogP contribution in [0.5, 0.6) is 0 Å². The number of rotatable bonds is 6. The van der Waals surface area contributed by atoms with E-state index in [9.17, 15) is 9.18 Å². The molecule has 0 bridgehead atoms. The van der Waals surface area contributed by atoms with Crippen LogP contribution in [0.25, 0.3) is 0 Å². The molecule has 1 aromatic carbocycles. The fourth-order valence-corrected chi connectivity index (χ4v) is 2.73. The SMILES string of the molecule is O=C(c1ccc(F)cc1)[C@@H](C(=S)NCc1ccco1)[n+]1ccccc1. The number of aromatic nitrogens is 1. The largest absolute Gasteiger partial charge is 0.467 e. The smallest absolute Gasteiger partial charge is 0.270 e. The molecule has 6 heteroatoms. The molecule has 4 nitrogen and oxygen atoms in total. The van der Waals surface area contributed by atoms with E-state index in [0.29, 0.717) is 22.9 Å². The number of thiocarbonyl (C=S) groups is 1. The maximum atomic E-state index is 13.1. The van der Waals surface area contributed by atoms with Crippen LogP contribution in [0.4, 0.5) is 4.39 Å². The zero-order valence-electron chi connectivity index (χ0n) is 13.3. The number of carbonyl (C=O) groups excluding carboxylic acids is 1. The first-order valence-electron chi connectivity index (χ1n) is 7.71. The summed E-state index contributed by atoms with van der Waals surface area (Å²) < 4.78 is 20.1. The standard InChI is InChI=1S/C19H15FN2O2S/c20-15-8-6-14(7-9-15)18(23)17(22-10-2-1-3-11-22)19(25)21-13-16-5-4-12-24-16/h1-12,17H,13H2/p+1/t17-/m0/s1. The summed E-state index contributed by atoms with van der Waals surface area (Å²) in [6, 6.07) is 13.8. The fraction of sp³-hybridized carbons (Fsp3) is 0.105. The molecule has 2 aromatic heterocycles. The molecule has 0 fully saturated rings. The van der Waals surface area contributed by atoms with Crippen molar-refractivity contribution in [3.05, 3.63) is 90.4 Å². The summed E-state index contributed by atoms with van der Waals surface area (Å²) in [5, 5.41) is 3.07. The normalized spacial score (nSPS) is 11.7. The highest BCUT2D eigenvalue weighted by Crippen LogP contribution is 2.12. The zero-order chi connectivity index (χ0) is 17.6. The molecule has 0 aliphatic heterocycles. The number of nitrogens with one attached hydrogen (secondary N) is 1. The molecule has 3 aromatic rings. The van der Waals surface area contributed by atoms with Gasteiger partial charge in [-0.05, 0) is 36.4 Å². The van der Waals surface area contributed by atoms with Crippen LogP contribution in [0, 0.1) is 5.82 Å². The molecule has 3 rings (SSSR count). The number of halogens is 1. The van der Waals surface area contributed by atoms with Gasteiger partial charge in [0.1, 0.15) is 11.6 Å². The van der Waals surface area contributed by atoms with E-state index in [0.717, 1.165) is 0 Å². The lowest BCUT2D eigenvalue weighted by Gasteiger charge is -2.14. The van der Waals surface area contributed by atoms with Crippen molar-refractivity contribution in [3.63, 3.8) is 0 Å². The number of pyridine rings is 1. The van der Waals surface area contributed by atoms with Gasteiger partial charge in [0.2, 0.25) is 5.78 Å². The fourth-order valence-electron chi connectivity index (χ4n) is 2.43. The first-order chi connectivity index (χ1) is 12.1. The number of hydrogen-bond donors (Lipinski definition) is 1. The molecule has 0 saturated heterocycles. The minimum atomic E-state index is -0.725. The number of carbonyl (C=O) groups is 1. The van der Waals surface area contributed by atoms with Crippen LogP contribution in [0.1, 0.15) is 22.2 Å². The molecule has 0 aliphatic carbocycles. The minimum absolute atomic E-state index is 0.215. The molecular formula is C19H16FN2O2S+. The monoisotopic (exact) mass is 355 g/mol. The highest BCUT2D eigenvalue weighted by Gasteiger charge is 2.33. The van der Waals surface area contributed by atoms with Crippen LogP contribution in [0.15, 0.2) is 77.7 Å². The third kappa shape index (κ3) is 4.16. The van der Waals surface area contributed by atoms with Crippen molar-refractivity contribution in [3.8, 4) is 0 Å². The third-order valence-electron chi connectivity index (χ3n) is 3.68. The first-order valence-corrected chi connectivity index (χ1v) is 8.11. The first kappa shape index (κ1) is 17.0. The van der Waals surface area contributed by atoms with Gasteiger partial charge in [-0.3, -0.25) is 4.79 Å². The molecule has 25 heavy (non-hydrogen) atoms. The van der Waals surface area contributed by atoms with Crippen LogP contribution >= 0.6 is 12.2 Å². The highest BCUT2D eigenvalue weighted by molar-refractivity contribution is 7.80. The maximum absolute atomic E-state index is 13.1. The average Bonchev–Trinajstić information content (AvgIpc) is 3.15. The number of hydrogen-bond acceptors (Lipinski definition) is 3. The Balaban J connectivity index is 1.85. The van der Waals surface area contributed by atoms with E-state index < -0.39 is 6.04 Å². The lowest BCUT2D eigenvalue weighted by atomic mass is 10.0. The van der Waals surface area contributed by atoms with Gasteiger partial charge in [-0.15, -0.1) is 0 Å². The predicted octanol–water partition coefficient (Wildman–Crippen LogP) is 3.25. The molecule has 0 saturated carbocycles. The van der Waals surface area contributed by atoms with Crippen LogP contribution in [-0.4, -0.2) is 10.8 Å². The summed E-state index contributed by atoms with van der Waals surface area (Å²) in [6.07, 6.45) is 5.12. The number of furan rings is 1. The second-order valence-electron chi connectivity index (χ2n) is 5.39. The maximum Gasteiger partial charge on any atom is 0.270 e. The van der Waals surface area contributed by atoms with Crippen LogP contribution in [0.2, 0.25) is 0 Å². The summed E-state index contributed by atoms with van der Waals surface area (Å²) in [5.74, 6) is 0.112. The van der Waals surface area contributed by atoms with E-state index in [1.165, 1.54) is 24.3 Å². The van der Waals surface area contributed by atoms with Gasteiger partial charge in [0.15, 0.2) is 17.4 Å². The highest BCUT2D eigenvalue weighted by atomic mass is 32.1. The molecule has 0 spiro atoms. The lowest BCUT2D eigenvalue weighted by Crippen LogP contribution is -2.51. The van der Waals surface area contributed by atoms with Crippen LogP contribution in [0.3, 0.4) is 0 Å². The Labute approximate surface area is 149 Å². The average molecular weight is 355 g/mol. The Morgan fingerprint density at radius 3 is 2.48 bits per heavy atom. The van der Waals surface area contributed by atoms with Gasteiger partial charge in [0.05, 0.1) is 12.8 Å². The number of Topliss-reactive ketones (excluding diaryl/α,β-unsaturated/α-hetero) is 1. The summed E-state index contributed by atoms with van der Waals surface area (Å²) in [6.45, 7) is 0.381. The molecule has 126 valence electrons. The molecule has 0 amide bonds. The molecular weight excluding hydrogens is 339 g/mol. The zero-order valence-corrected chi connectivity index (χ0v) is 14.1. The van der Waals surface area contributed by atoms with Gasteiger partial charge in [-0.25, -0.2) is 4.39 Å². The second kappa shape index (κ2) is 7.81. The summed E-state index contributed by atoms with van der Waals surface area (Å²) in [7, 11) is 0. The van der Waals surface area contributed by atoms with Crippen molar-refractivity contribution >= 4 is 23.0 Å². The molecule has 1 atom stereocenters. The Hall–Kier alpha value is -2.86. The van der Waals surface area contributed by atoms with Crippen molar-refractivity contribution in [2.45, 2.75) is 12.6 Å². The van der Waals surface area contributed by atoms with E-state index in [1.807, 2.05) is 24.3 Å².